The minimum absolute atomic E-state index is 0.103. The van der Waals surface area contributed by atoms with Crippen molar-refractivity contribution in [2.24, 2.45) is 0 Å². The second-order valence-corrected chi connectivity index (χ2v) is 6.49. The fourth-order valence-corrected chi connectivity index (χ4v) is 3.60. The number of benzene rings is 2. The highest BCUT2D eigenvalue weighted by atomic mass is 35.5. The van der Waals surface area contributed by atoms with Crippen LogP contribution in [0.15, 0.2) is 42.5 Å². The summed E-state index contributed by atoms with van der Waals surface area (Å²) in [5, 5.41) is 4.80. The highest BCUT2D eigenvalue weighted by Gasteiger charge is 2.25. The van der Waals surface area contributed by atoms with Crippen molar-refractivity contribution >= 4 is 23.2 Å². The standard InChI is InChI=1S/C18H19Cl2N/c1-21-18(16-10-9-13(19)11-17(16)20)15-8-3-2-7-14(15)12-5-4-6-12/h2-3,7-12,18,21H,4-6H2,1H3. The molecule has 110 valence electrons. The lowest BCUT2D eigenvalue weighted by Gasteiger charge is -2.31. The van der Waals surface area contributed by atoms with Crippen molar-refractivity contribution in [2.45, 2.75) is 31.2 Å². The highest BCUT2D eigenvalue weighted by Crippen LogP contribution is 2.41. The Morgan fingerprint density at radius 3 is 2.43 bits per heavy atom. The van der Waals surface area contributed by atoms with Crippen molar-refractivity contribution in [3.63, 3.8) is 0 Å². The molecule has 1 aliphatic rings. The number of hydrogen-bond donors (Lipinski definition) is 1. The molecule has 2 aromatic carbocycles. The molecule has 0 bridgehead atoms. The van der Waals surface area contributed by atoms with E-state index in [1.54, 1.807) is 0 Å². The molecule has 0 amide bonds. The van der Waals surface area contributed by atoms with Crippen molar-refractivity contribution in [1.82, 2.24) is 5.32 Å². The summed E-state index contributed by atoms with van der Waals surface area (Å²) < 4.78 is 0. The minimum Gasteiger partial charge on any atom is -0.309 e. The molecule has 1 saturated carbocycles. The van der Waals surface area contributed by atoms with Crippen LogP contribution in [0, 0.1) is 0 Å². The molecule has 0 spiro atoms. The van der Waals surface area contributed by atoms with Gasteiger partial charge in [0, 0.05) is 10.0 Å². The van der Waals surface area contributed by atoms with Gasteiger partial charge in [-0.25, -0.2) is 0 Å². The van der Waals surface area contributed by atoms with E-state index in [0.717, 1.165) is 5.56 Å². The molecular formula is C18H19Cl2N. The van der Waals surface area contributed by atoms with Gasteiger partial charge in [0.05, 0.1) is 6.04 Å². The summed E-state index contributed by atoms with van der Waals surface area (Å²) in [6.45, 7) is 0. The maximum Gasteiger partial charge on any atom is 0.0591 e. The first-order valence-corrected chi connectivity index (χ1v) is 8.17. The average Bonchev–Trinajstić information content (AvgIpc) is 2.41. The molecule has 1 unspecified atom stereocenters. The molecule has 1 fully saturated rings. The highest BCUT2D eigenvalue weighted by molar-refractivity contribution is 6.35. The fraction of sp³-hybridized carbons (Fsp3) is 0.333. The number of rotatable bonds is 4. The zero-order valence-electron chi connectivity index (χ0n) is 12.1. The first-order chi connectivity index (χ1) is 10.2. The summed E-state index contributed by atoms with van der Waals surface area (Å²) in [4.78, 5) is 0. The van der Waals surface area contributed by atoms with Crippen LogP contribution in [0.3, 0.4) is 0 Å². The van der Waals surface area contributed by atoms with E-state index in [2.05, 4.69) is 29.6 Å². The molecular weight excluding hydrogens is 301 g/mol. The van der Waals surface area contributed by atoms with Gasteiger partial charge in [0.1, 0.15) is 0 Å². The van der Waals surface area contributed by atoms with Crippen LogP contribution >= 0.6 is 23.2 Å². The van der Waals surface area contributed by atoms with E-state index in [-0.39, 0.29) is 6.04 Å². The van der Waals surface area contributed by atoms with Crippen molar-refractivity contribution in [1.29, 1.82) is 0 Å². The van der Waals surface area contributed by atoms with Crippen molar-refractivity contribution in [3.8, 4) is 0 Å². The van der Waals surface area contributed by atoms with Gasteiger partial charge in [-0.15, -0.1) is 0 Å². The van der Waals surface area contributed by atoms with E-state index in [1.807, 2.05) is 25.2 Å². The maximum atomic E-state index is 6.41. The Balaban J connectivity index is 2.03. The van der Waals surface area contributed by atoms with Crippen LogP contribution in [0.1, 0.15) is 47.9 Å². The summed E-state index contributed by atoms with van der Waals surface area (Å²) in [7, 11) is 1.98. The van der Waals surface area contributed by atoms with Crippen LogP contribution in [0.4, 0.5) is 0 Å². The topological polar surface area (TPSA) is 12.0 Å². The van der Waals surface area contributed by atoms with Crippen LogP contribution in [-0.2, 0) is 0 Å². The van der Waals surface area contributed by atoms with E-state index in [9.17, 15) is 0 Å². The monoisotopic (exact) mass is 319 g/mol. The maximum absolute atomic E-state index is 6.41. The molecule has 21 heavy (non-hydrogen) atoms. The van der Waals surface area contributed by atoms with Crippen LogP contribution in [0.5, 0.6) is 0 Å². The van der Waals surface area contributed by atoms with Crippen molar-refractivity contribution < 1.29 is 0 Å². The van der Waals surface area contributed by atoms with Gasteiger partial charge in [-0.1, -0.05) is 60.0 Å². The lowest BCUT2D eigenvalue weighted by atomic mass is 9.76. The largest absolute Gasteiger partial charge is 0.309 e. The van der Waals surface area contributed by atoms with Crippen molar-refractivity contribution in [3.05, 3.63) is 69.2 Å². The molecule has 1 atom stereocenters. The van der Waals surface area contributed by atoms with Crippen LogP contribution in [-0.4, -0.2) is 7.05 Å². The molecule has 1 aliphatic carbocycles. The quantitative estimate of drug-likeness (QED) is 0.776. The van der Waals surface area contributed by atoms with Gasteiger partial charge in [0.15, 0.2) is 0 Å². The molecule has 1 nitrogen and oxygen atoms in total. The van der Waals surface area contributed by atoms with Gasteiger partial charge in [-0.2, -0.15) is 0 Å². The molecule has 2 aromatic rings. The lowest BCUT2D eigenvalue weighted by Crippen LogP contribution is -2.22. The fourth-order valence-electron chi connectivity index (χ4n) is 3.08. The Bertz CT molecular complexity index is 635. The summed E-state index contributed by atoms with van der Waals surface area (Å²) in [5.41, 5.74) is 3.86. The molecule has 0 heterocycles. The molecule has 3 rings (SSSR count). The van der Waals surface area contributed by atoms with Gasteiger partial charge in [0.25, 0.3) is 0 Å². The SMILES string of the molecule is CNC(c1ccc(Cl)cc1Cl)c1ccccc1C1CCC1. The Morgan fingerprint density at radius 1 is 1.05 bits per heavy atom. The summed E-state index contributed by atoms with van der Waals surface area (Å²) in [5.74, 6) is 0.697. The average molecular weight is 320 g/mol. The van der Waals surface area contributed by atoms with E-state index in [1.165, 1.54) is 30.4 Å². The van der Waals surface area contributed by atoms with E-state index < -0.39 is 0 Å². The van der Waals surface area contributed by atoms with Gasteiger partial charge in [-0.05, 0) is 54.6 Å². The molecule has 0 saturated heterocycles. The van der Waals surface area contributed by atoms with E-state index >= 15 is 0 Å². The lowest BCUT2D eigenvalue weighted by molar-refractivity contribution is 0.415. The van der Waals surface area contributed by atoms with Crippen LogP contribution in [0.2, 0.25) is 10.0 Å². The Labute approximate surface area is 136 Å². The second kappa shape index (κ2) is 6.39. The summed E-state index contributed by atoms with van der Waals surface area (Å²) in [6, 6.07) is 14.5. The zero-order valence-corrected chi connectivity index (χ0v) is 13.6. The van der Waals surface area contributed by atoms with Gasteiger partial charge < -0.3 is 5.32 Å². The van der Waals surface area contributed by atoms with E-state index in [0.29, 0.717) is 16.0 Å². The number of nitrogens with one attached hydrogen (secondary N) is 1. The number of halogens is 2. The zero-order chi connectivity index (χ0) is 14.8. The minimum atomic E-state index is 0.103. The van der Waals surface area contributed by atoms with Crippen molar-refractivity contribution in [2.75, 3.05) is 7.05 Å². The molecule has 0 aliphatic heterocycles. The van der Waals surface area contributed by atoms with Crippen LogP contribution in [0.25, 0.3) is 0 Å². The Kier molecular flexibility index (Phi) is 4.54. The van der Waals surface area contributed by atoms with E-state index in [4.69, 9.17) is 23.2 Å². The predicted octanol–water partition coefficient (Wildman–Crippen LogP) is 5.57. The third-order valence-electron chi connectivity index (χ3n) is 4.41. The first-order valence-electron chi connectivity index (χ1n) is 7.41. The van der Waals surface area contributed by atoms with Gasteiger partial charge in [0.2, 0.25) is 0 Å². The molecule has 0 aromatic heterocycles. The predicted molar refractivity (Wildman–Crippen MR) is 90.4 cm³/mol. The Morgan fingerprint density at radius 2 is 1.81 bits per heavy atom. The number of hydrogen-bond acceptors (Lipinski definition) is 1. The third kappa shape index (κ3) is 2.96. The Hall–Kier alpha value is -1.02. The molecule has 0 radical (unpaired) electrons. The normalized spacial score (nSPS) is 16.5. The third-order valence-corrected chi connectivity index (χ3v) is 4.98. The summed E-state index contributed by atoms with van der Waals surface area (Å²) >= 11 is 12.4. The summed E-state index contributed by atoms with van der Waals surface area (Å²) in [6.07, 6.45) is 3.93. The van der Waals surface area contributed by atoms with Crippen LogP contribution < -0.4 is 5.32 Å². The smallest absolute Gasteiger partial charge is 0.0591 e. The molecule has 3 heteroatoms. The first kappa shape index (κ1) is 14.9. The van der Waals surface area contributed by atoms with Gasteiger partial charge >= 0.3 is 0 Å². The molecule has 1 N–H and O–H groups in total. The second-order valence-electron chi connectivity index (χ2n) is 5.64. The van der Waals surface area contributed by atoms with Gasteiger partial charge in [-0.3, -0.25) is 0 Å².